The molecule has 1 aliphatic rings. The molecule has 0 amide bonds. The first-order valence-electron chi connectivity index (χ1n) is 10.7. The van der Waals surface area contributed by atoms with Gasteiger partial charge in [-0.25, -0.2) is 4.98 Å². The van der Waals surface area contributed by atoms with Gasteiger partial charge in [-0.15, -0.1) is 0 Å². The molecule has 1 fully saturated rings. The van der Waals surface area contributed by atoms with Crippen molar-refractivity contribution >= 4 is 21.9 Å². The van der Waals surface area contributed by atoms with Gasteiger partial charge in [0.05, 0.1) is 16.6 Å². The van der Waals surface area contributed by atoms with E-state index in [0.29, 0.717) is 24.0 Å². The molecule has 0 bridgehead atoms. The third-order valence-corrected chi connectivity index (χ3v) is 5.97. The van der Waals surface area contributed by atoms with Gasteiger partial charge in [0.1, 0.15) is 18.2 Å². The van der Waals surface area contributed by atoms with Gasteiger partial charge in [0.15, 0.2) is 0 Å². The van der Waals surface area contributed by atoms with Gasteiger partial charge in [0.25, 0.3) is 5.56 Å². The first kappa shape index (κ1) is 18.9. The zero-order valence-corrected chi connectivity index (χ0v) is 17.1. The van der Waals surface area contributed by atoms with Crippen LogP contribution in [0.25, 0.3) is 33.3 Å². The Balaban J connectivity index is 1.38. The minimum Gasteiger partial charge on any atom is -0.492 e. The summed E-state index contributed by atoms with van der Waals surface area (Å²) in [6.45, 7) is 5.20. The van der Waals surface area contributed by atoms with Crippen molar-refractivity contribution in [2.24, 2.45) is 0 Å². The number of rotatable bonds is 5. The number of piperidine rings is 1. The lowest BCUT2D eigenvalue weighted by Gasteiger charge is -2.32. The van der Waals surface area contributed by atoms with Gasteiger partial charge >= 0.3 is 0 Å². The highest BCUT2D eigenvalue weighted by Crippen LogP contribution is 2.24. The van der Waals surface area contributed by atoms with Crippen molar-refractivity contribution in [1.82, 2.24) is 19.9 Å². The molecule has 3 heterocycles. The van der Waals surface area contributed by atoms with Crippen molar-refractivity contribution in [2.75, 3.05) is 19.7 Å². The van der Waals surface area contributed by atoms with Gasteiger partial charge in [-0.3, -0.25) is 9.69 Å². The van der Waals surface area contributed by atoms with Gasteiger partial charge in [0, 0.05) is 17.6 Å². The van der Waals surface area contributed by atoms with E-state index < -0.39 is 0 Å². The summed E-state index contributed by atoms with van der Waals surface area (Å²) >= 11 is 0. The summed E-state index contributed by atoms with van der Waals surface area (Å²) in [6, 6.07) is 15.9. The van der Waals surface area contributed by atoms with E-state index in [4.69, 9.17) is 4.74 Å². The number of pyridine rings is 1. The van der Waals surface area contributed by atoms with Crippen molar-refractivity contribution in [3.63, 3.8) is 0 Å². The maximum absolute atomic E-state index is 12.6. The Morgan fingerprint density at radius 2 is 1.87 bits per heavy atom. The van der Waals surface area contributed by atoms with Gasteiger partial charge in [0.2, 0.25) is 0 Å². The van der Waals surface area contributed by atoms with Crippen LogP contribution in [0.3, 0.4) is 0 Å². The second kappa shape index (κ2) is 7.95. The van der Waals surface area contributed by atoms with E-state index in [1.54, 1.807) is 0 Å². The van der Waals surface area contributed by atoms with Gasteiger partial charge in [-0.2, -0.15) is 0 Å². The highest BCUT2D eigenvalue weighted by atomic mass is 16.5. The number of ether oxygens (including phenoxy) is 1. The van der Waals surface area contributed by atoms with Crippen LogP contribution in [0, 0.1) is 0 Å². The molecule has 6 nitrogen and oxygen atoms in total. The van der Waals surface area contributed by atoms with Crippen LogP contribution in [-0.2, 0) is 0 Å². The fraction of sp³-hybridized carbons (Fsp3) is 0.333. The highest BCUT2D eigenvalue weighted by molar-refractivity contribution is 5.85. The number of nitrogens with one attached hydrogen (secondary N) is 2. The molecule has 1 saturated heterocycles. The fourth-order valence-corrected chi connectivity index (χ4v) is 4.21. The number of nitrogens with zero attached hydrogens (tertiary/aromatic N) is 2. The monoisotopic (exact) mass is 402 g/mol. The first-order valence-corrected chi connectivity index (χ1v) is 10.7. The average molecular weight is 402 g/mol. The third-order valence-electron chi connectivity index (χ3n) is 5.97. The van der Waals surface area contributed by atoms with Crippen molar-refractivity contribution in [3.05, 3.63) is 58.9 Å². The molecule has 1 atom stereocenters. The van der Waals surface area contributed by atoms with Crippen LogP contribution in [0.1, 0.15) is 26.2 Å². The van der Waals surface area contributed by atoms with Gasteiger partial charge in [-0.1, -0.05) is 24.6 Å². The Labute approximate surface area is 174 Å². The molecule has 4 aromatic rings. The normalized spacial score (nSPS) is 16.2. The number of hydrogen-bond acceptors (Lipinski definition) is 4. The summed E-state index contributed by atoms with van der Waals surface area (Å²) in [5.41, 5.74) is 2.88. The molecule has 0 radical (unpaired) electrons. The molecule has 1 unspecified atom stereocenters. The van der Waals surface area contributed by atoms with Crippen LogP contribution >= 0.6 is 0 Å². The predicted molar refractivity (Wildman–Crippen MR) is 120 cm³/mol. The van der Waals surface area contributed by atoms with Crippen LogP contribution in [0.4, 0.5) is 0 Å². The number of imidazole rings is 1. The molecule has 5 rings (SSSR count). The summed E-state index contributed by atoms with van der Waals surface area (Å²) in [6.07, 6.45) is 3.89. The Morgan fingerprint density at radius 3 is 2.73 bits per heavy atom. The van der Waals surface area contributed by atoms with E-state index in [1.807, 2.05) is 48.5 Å². The van der Waals surface area contributed by atoms with Crippen molar-refractivity contribution in [2.45, 2.75) is 32.2 Å². The van der Waals surface area contributed by atoms with E-state index in [2.05, 4.69) is 26.8 Å². The molecular formula is C24H26N4O2. The van der Waals surface area contributed by atoms with Crippen molar-refractivity contribution in [1.29, 1.82) is 0 Å². The quantitative estimate of drug-likeness (QED) is 0.521. The van der Waals surface area contributed by atoms with Crippen LogP contribution in [0.2, 0.25) is 0 Å². The number of para-hydroxylation sites is 1. The largest absolute Gasteiger partial charge is 0.492 e. The molecule has 2 aromatic heterocycles. The van der Waals surface area contributed by atoms with E-state index in [9.17, 15) is 4.79 Å². The molecule has 154 valence electrons. The zero-order valence-electron chi connectivity index (χ0n) is 17.1. The predicted octanol–water partition coefficient (Wildman–Crippen LogP) is 4.32. The van der Waals surface area contributed by atoms with Crippen LogP contribution < -0.4 is 10.3 Å². The molecule has 2 aromatic carbocycles. The molecule has 1 aliphatic heterocycles. The summed E-state index contributed by atoms with van der Waals surface area (Å²) in [5, 5.41) is 0.975. The first-order chi connectivity index (χ1) is 14.7. The minimum absolute atomic E-state index is 0.153. The van der Waals surface area contributed by atoms with E-state index >= 15 is 0 Å². The molecular weight excluding hydrogens is 376 g/mol. The Kier molecular flexibility index (Phi) is 5.01. The number of H-pyrrole nitrogens is 2. The van der Waals surface area contributed by atoms with E-state index in [-0.39, 0.29) is 5.56 Å². The standard InChI is InChI=1S/C24H26N4O2/c1-16(28-11-5-2-6-12-28)15-30-18-9-10-21-22(14-18)26-23(25-21)19-13-17-7-3-4-8-20(17)27-24(19)29/h3-4,7-10,13-14,16H,2,5-6,11-12,15H2,1H3,(H,25,26)(H,27,29). The topological polar surface area (TPSA) is 74.0 Å². The zero-order chi connectivity index (χ0) is 20.5. The van der Waals surface area contributed by atoms with Crippen LogP contribution in [-0.4, -0.2) is 45.6 Å². The number of aromatic amines is 2. The maximum Gasteiger partial charge on any atom is 0.259 e. The second-order valence-electron chi connectivity index (χ2n) is 8.12. The fourth-order valence-electron chi connectivity index (χ4n) is 4.21. The number of hydrogen-bond donors (Lipinski definition) is 2. The SMILES string of the molecule is CC(COc1ccc2[nH]c(-c3cc4ccccc4[nH]c3=O)nc2c1)N1CCCCC1. The lowest BCUT2D eigenvalue weighted by Crippen LogP contribution is -2.40. The van der Waals surface area contributed by atoms with Gasteiger partial charge < -0.3 is 14.7 Å². The Hall–Kier alpha value is -3.12. The number of benzene rings is 2. The summed E-state index contributed by atoms with van der Waals surface area (Å²) in [4.78, 5) is 25.9. The summed E-state index contributed by atoms with van der Waals surface area (Å²) in [7, 11) is 0. The van der Waals surface area contributed by atoms with E-state index in [0.717, 1.165) is 40.8 Å². The lowest BCUT2D eigenvalue weighted by atomic mass is 10.1. The molecule has 0 spiro atoms. The second-order valence-corrected chi connectivity index (χ2v) is 8.12. The Bertz CT molecular complexity index is 1240. The number of aromatic nitrogens is 3. The van der Waals surface area contributed by atoms with Crippen LogP contribution in [0.5, 0.6) is 5.75 Å². The van der Waals surface area contributed by atoms with E-state index in [1.165, 1.54) is 19.3 Å². The highest BCUT2D eigenvalue weighted by Gasteiger charge is 2.17. The molecule has 0 aliphatic carbocycles. The maximum atomic E-state index is 12.6. The number of likely N-dealkylation sites (tertiary alicyclic amines) is 1. The number of fused-ring (bicyclic) bond motifs is 2. The smallest absolute Gasteiger partial charge is 0.259 e. The van der Waals surface area contributed by atoms with Gasteiger partial charge in [-0.05, 0) is 62.5 Å². The average Bonchev–Trinajstić information content (AvgIpc) is 3.20. The summed E-state index contributed by atoms with van der Waals surface area (Å²) < 4.78 is 6.06. The minimum atomic E-state index is -0.153. The molecule has 2 N–H and O–H groups in total. The molecule has 0 saturated carbocycles. The summed E-state index contributed by atoms with van der Waals surface area (Å²) in [5.74, 6) is 1.37. The van der Waals surface area contributed by atoms with Crippen molar-refractivity contribution < 1.29 is 4.74 Å². The Morgan fingerprint density at radius 1 is 1.03 bits per heavy atom. The lowest BCUT2D eigenvalue weighted by molar-refractivity contribution is 0.125. The molecule has 30 heavy (non-hydrogen) atoms. The van der Waals surface area contributed by atoms with Crippen LogP contribution in [0.15, 0.2) is 53.3 Å². The van der Waals surface area contributed by atoms with Crippen molar-refractivity contribution in [3.8, 4) is 17.1 Å². The third kappa shape index (κ3) is 3.71. The molecule has 6 heteroatoms.